The van der Waals surface area contributed by atoms with Crippen molar-refractivity contribution in [3.8, 4) is 0 Å². The van der Waals surface area contributed by atoms with Crippen LogP contribution in [0.2, 0.25) is 0 Å². The number of thioether (sulfide) groups is 1. The molecule has 0 amide bonds. The molecule has 224 valence electrons. The molecule has 0 spiro atoms. The number of rotatable bonds is 12. The van der Waals surface area contributed by atoms with Crippen molar-refractivity contribution in [1.29, 1.82) is 0 Å². The smallest absolute Gasteiger partial charge is 0.348 e. The maximum Gasteiger partial charge on any atom is 0.470 e. The van der Waals surface area contributed by atoms with Gasteiger partial charge in [0.15, 0.2) is 6.29 Å². The lowest BCUT2D eigenvalue weighted by Gasteiger charge is -2.40. The summed E-state index contributed by atoms with van der Waals surface area (Å²) < 4.78 is 73.2. The summed E-state index contributed by atoms with van der Waals surface area (Å²) in [5.41, 5.74) is -1.46. The number of aromatic nitrogens is 3. The Kier molecular flexibility index (Phi) is 10.5. The second kappa shape index (κ2) is 13.9. The zero-order valence-electron chi connectivity index (χ0n) is 22.3. The highest BCUT2D eigenvalue weighted by molar-refractivity contribution is 8.00. The molecule has 3 aromatic rings. The maximum atomic E-state index is 15.1. The average molecular weight is 625 g/mol. The van der Waals surface area contributed by atoms with Gasteiger partial charge in [0.25, 0.3) is 0 Å². The van der Waals surface area contributed by atoms with Gasteiger partial charge in [-0.1, -0.05) is 31.2 Å². The first-order valence-electron chi connectivity index (χ1n) is 12.5. The molecule has 15 heteroatoms. The van der Waals surface area contributed by atoms with Crippen molar-refractivity contribution in [3.05, 3.63) is 95.9 Å². The molecule has 0 aliphatic carbocycles. The number of hydrogen-bond donors (Lipinski definition) is 2. The number of halogens is 3. The van der Waals surface area contributed by atoms with Crippen LogP contribution in [0, 0.1) is 17.5 Å². The van der Waals surface area contributed by atoms with Crippen LogP contribution in [0.1, 0.15) is 18.1 Å². The van der Waals surface area contributed by atoms with Crippen molar-refractivity contribution in [1.82, 2.24) is 14.8 Å². The highest BCUT2D eigenvalue weighted by atomic mass is 32.2. The lowest BCUT2D eigenvalue weighted by Crippen LogP contribution is -2.45. The maximum absolute atomic E-state index is 15.1. The number of ether oxygens (including phenoxy) is 2. The Bertz CT molecular complexity index is 1480. The van der Waals surface area contributed by atoms with Gasteiger partial charge in [0.05, 0.1) is 30.7 Å². The van der Waals surface area contributed by atoms with Crippen LogP contribution < -0.4 is 0 Å². The Morgan fingerprint density at radius 1 is 1.21 bits per heavy atom. The van der Waals surface area contributed by atoms with Crippen molar-refractivity contribution >= 4 is 38.1 Å². The van der Waals surface area contributed by atoms with Crippen molar-refractivity contribution < 1.29 is 41.5 Å². The van der Waals surface area contributed by atoms with Crippen molar-refractivity contribution in [2.24, 2.45) is 4.99 Å². The van der Waals surface area contributed by atoms with E-state index in [2.05, 4.69) is 21.8 Å². The van der Waals surface area contributed by atoms with E-state index in [1.807, 2.05) is 0 Å². The average Bonchev–Trinajstić information content (AvgIpc) is 3.44. The molecule has 0 saturated carbocycles. The second-order valence-corrected chi connectivity index (χ2v) is 12.0. The Hall–Kier alpha value is -3.10. The van der Waals surface area contributed by atoms with Gasteiger partial charge in [-0.3, -0.25) is 9.52 Å². The fraction of sp³-hybridized carbons (Fsp3) is 0.296. The van der Waals surface area contributed by atoms with Crippen LogP contribution in [-0.2, 0) is 30.7 Å². The van der Waals surface area contributed by atoms with E-state index in [4.69, 9.17) is 14.0 Å². The van der Waals surface area contributed by atoms with E-state index in [9.17, 15) is 23.1 Å². The lowest BCUT2D eigenvalue weighted by molar-refractivity contribution is -0.146. The monoisotopic (exact) mass is 624 g/mol. The number of phosphoric ester groups is 1. The summed E-state index contributed by atoms with van der Waals surface area (Å²) in [4.78, 5) is 27.2. The van der Waals surface area contributed by atoms with Crippen molar-refractivity contribution in [3.63, 3.8) is 0 Å². The van der Waals surface area contributed by atoms with Crippen LogP contribution >= 0.6 is 19.6 Å². The third-order valence-electron chi connectivity index (χ3n) is 6.30. The van der Waals surface area contributed by atoms with Gasteiger partial charge in [-0.25, -0.2) is 27.4 Å². The first-order valence-corrected chi connectivity index (χ1v) is 15.0. The van der Waals surface area contributed by atoms with Crippen LogP contribution in [0.4, 0.5) is 18.9 Å². The normalized spacial score (nSPS) is 20.1. The number of aliphatic imine (C=N–C) groups is 1. The largest absolute Gasteiger partial charge is 0.470 e. The summed E-state index contributed by atoms with van der Waals surface area (Å²) in [6, 6.07) is 7.19. The predicted molar refractivity (Wildman–Crippen MR) is 152 cm³/mol. The number of nitrogens with zero attached hydrogens (tertiary/aromatic N) is 4. The van der Waals surface area contributed by atoms with E-state index in [0.29, 0.717) is 17.3 Å². The molecule has 10 nitrogen and oxygen atoms in total. The molecular weight excluding hydrogens is 596 g/mol. The second-order valence-electron chi connectivity index (χ2n) is 9.23. The third kappa shape index (κ3) is 8.26. The molecule has 2 N–H and O–H groups in total. The molecule has 2 aromatic carbocycles. The fourth-order valence-corrected chi connectivity index (χ4v) is 6.51. The van der Waals surface area contributed by atoms with E-state index in [1.54, 1.807) is 43.4 Å². The van der Waals surface area contributed by atoms with Crippen LogP contribution in [0.15, 0.2) is 72.3 Å². The summed E-state index contributed by atoms with van der Waals surface area (Å²) in [5, 5.41) is 2.81. The van der Waals surface area contributed by atoms with Gasteiger partial charge in [0.1, 0.15) is 35.7 Å². The molecule has 1 aromatic heterocycles. The lowest BCUT2D eigenvalue weighted by atomic mass is 9.90. The van der Waals surface area contributed by atoms with Crippen molar-refractivity contribution in [2.45, 2.75) is 35.9 Å². The Morgan fingerprint density at radius 3 is 2.60 bits per heavy atom. The number of benzene rings is 2. The van der Waals surface area contributed by atoms with Gasteiger partial charge in [-0.05, 0) is 31.0 Å². The van der Waals surface area contributed by atoms with Crippen LogP contribution in [-0.4, -0.2) is 61.3 Å². The number of allylic oxidation sites excluding steroid dienone is 2. The van der Waals surface area contributed by atoms with Gasteiger partial charge in [0.2, 0.25) is 0 Å². The van der Waals surface area contributed by atoms with Gasteiger partial charge in [-0.15, -0.1) is 11.8 Å². The van der Waals surface area contributed by atoms with Gasteiger partial charge >= 0.3 is 7.82 Å². The molecule has 0 radical (unpaired) electrons. The Morgan fingerprint density at radius 2 is 1.98 bits per heavy atom. The quantitative estimate of drug-likeness (QED) is 0.159. The van der Waals surface area contributed by atoms with Gasteiger partial charge in [-0.2, -0.15) is 5.10 Å². The standard InChI is InChI=1S/C27H28F3N4O6PS/c1-18(27(40-41(35,36)37,15-34-17-32-16-33-34)23-10-8-20(28)11-25(23)30)42-22-13-38-26(39-14-22)6-4-3-5-19-7-9-21(31-2)12-24(19)29/h3-12,16-18,22,26H,2,13-15H2,1H3,(H2,35,36,37)/b5-3+,6-4+. The molecule has 2 unspecified atom stereocenters. The van der Waals surface area contributed by atoms with E-state index in [1.165, 1.54) is 35.2 Å². The molecule has 2 heterocycles. The van der Waals surface area contributed by atoms with Gasteiger partial charge < -0.3 is 19.3 Å². The van der Waals surface area contributed by atoms with Crippen molar-refractivity contribution in [2.75, 3.05) is 13.2 Å². The van der Waals surface area contributed by atoms with E-state index >= 15 is 4.39 Å². The molecular formula is C27H28F3N4O6PS. The van der Waals surface area contributed by atoms with E-state index in [-0.39, 0.29) is 30.6 Å². The van der Waals surface area contributed by atoms with Crippen LogP contribution in [0.25, 0.3) is 6.08 Å². The number of hydrogen-bond acceptors (Lipinski definition) is 8. The van der Waals surface area contributed by atoms with E-state index in [0.717, 1.165) is 12.1 Å². The molecule has 0 bridgehead atoms. The first kappa shape index (κ1) is 31.8. The molecule has 1 aliphatic heterocycles. The highest BCUT2D eigenvalue weighted by Gasteiger charge is 2.48. The molecule has 1 aliphatic rings. The third-order valence-corrected chi connectivity index (χ3v) is 8.31. The topological polar surface area (TPSA) is 128 Å². The summed E-state index contributed by atoms with van der Waals surface area (Å²) >= 11 is 1.20. The van der Waals surface area contributed by atoms with E-state index < -0.39 is 42.4 Å². The number of phosphoric acid groups is 1. The van der Waals surface area contributed by atoms with Crippen LogP contribution in [0.5, 0.6) is 0 Å². The zero-order chi connectivity index (χ0) is 30.3. The minimum atomic E-state index is -5.21. The fourth-order valence-electron chi connectivity index (χ4n) is 4.34. The minimum absolute atomic E-state index is 0.180. The highest BCUT2D eigenvalue weighted by Crippen LogP contribution is 2.51. The van der Waals surface area contributed by atoms with Gasteiger partial charge in [0, 0.05) is 28.5 Å². The SMILES string of the molecule is C=Nc1ccc(/C=C/C=C/C2OCC(SC(C)C(Cn3cncn3)(OP(=O)(O)O)c3ccc(F)cc3F)CO2)c(F)c1. The predicted octanol–water partition coefficient (Wildman–Crippen LogP) is 5.17. The summed E-state index contributed by atoms with van der Waals surface area (Å²) in [6.45, 7) is 4.99. The molecule has 1 fully saturated rings. The zero-order valence-corrected chi connectivity index (χ0v) is 24.0. The first-order chi connectivity index (χ1) is 20.0. The Balaban J connectivity index is 1.46. The molecule has 42 heavy (non-hydrogen) atoms. The summed E-state index contributed by atoms with van der Waals surface area (Å²) in [6.07, 6.45) is 8.29. The minimum Gasteiger partial charge on any atom is -0.348 e. The molecule has 2 atom stereocenters. The Labute approximate surface area is 244 Å². The molecule has 1 saturated heterocycles. The molecule has 4 rings (SSSR count). The summed E-state index contributed by atoms with van der Waals surface area (Å²) in [7, 11) is -5.21. The summed E-state index contributed by atoms with van der Waals surface area (Å²) in [5.74, 6) is -2.34. The van der Waals surface area contributed by atoms with Crippen LogP contribution in [0.3, 0.4) is 0 Å².